The van der Waals surface area contributed by atoms with E-state index in [9.17, 15) is 14.4 Å². The van der Waals surface area contributed by atoms with Crippen LogP contribution in [0.25, 0.3) is 0 Å². The number of methoxy groups -OCH3 is 1. The summed E-state index contributed by atoms with van der Waals surface area (Å²) in [6.45, 7) is 7.09. The highest BCUT2D eigenvalue weighted by molar-refractivity contribution is 5.89. The molecule has 0 aliphatic rings. The van der Waals surface area contributed by atoms with Gasteiger partial charge in [-0.2, -0.15) is 0 Å². The smallest absolute Gasteiger partial charge is 0.307 e. The number of hydrogen-bond donors (Lipinski definition) is 2. The molecule has 0 spiro atoms. The predicted octanol–water partition coefficient (Wildman–Crippen LogP) is 0.217. The zero-order valence-corrected chi connectivity index (χ0v) is 11.6. The van der Waals surface area contributed by atoms with Crippen LogP contribution >= 0.6 is 0 Å². The van der Waals surface area contributed by atoms with Crippen molar-refractivity contribution in [3.8, 4) is 0 Å². The van der Waals surface area contributed by atoms with Crippen molar-refractivity contribution in [3.05, 3.63) is 0 Å². The molecule has 0 fully saturated rings. The van der Waals surface area contributed by atoms with Crippen molar-refractivity contribution in [1.29, 1.82) is 0 Å². The molecule has 2 N–H and O–H groups in total. The number of carbonyl (C=O) groups is 3. The third-order valence-corrected chi connectivity index (χ3v) is 2.28. The Hall–Kier alpha value is -1.59. The first kappa shape index (κ1) is 16.4. The average molecular weight is 258 g/mol. The Labute approximate surface area is 107 Å². The van der Waals surface area contributed by atoms with E-state index in [4.69, 9.17) is 0 Å². The number of ether oxygens (including phenoxy) is 1. The molecule has 0 rings (SSSR count). The van der Waals surface area contributed by atoms with Crippen LogP contribution in [0.1, 0.15) is 34.1 Å². The topological polar surface area (TPSA) is 84.5 Å². The van der Waals surface area contributed by atoms with Crippen molar-refractivity contribution in [1.82, 2.24) is 10.6 Å². The minimum atomic E-state index is -0.630. The van der Waals surface area contributed by atoms with Crippen LogP contribution in [0.3, 0.4) is 0 Å². The van der Waals surface area contributed by atoms with Crippen LogP contribution in [-0.4, -0.2) is 37.5 Å². The van der Waals surface area contributed by atoms with Gasteiger partial charge in [-0.05, 0) is 6.92 Å². The van der Waals surface area contributed by atoms with E-state index in [2.05, 4.69) is 15.4 Å². The van der Waals surface area contributed by atoms with Crippen molar-refractivity contribution in [2.75, 3.05) is 13.7 Å². The predicted molar refractivity (Wildman–Crippen MR) is 66.7 cm³/mol. The molecule has 6 heteroatoms. The van der Waals surface area contributed by atoms with E-state index in [0.29, 0.717) is 0 Å². The van der Waals surface area contributed by atoms with Crippen molar-refractivity contribution >= 4 is 17.8 Å². The van der Waals surface area contributed by atoms with E-state index >= 15 is 0 Å². The summed E-state index contributed by atoms with van der Waals surface area (Å²) in [5.41, 5.74) is -0.541. The van der Waals surface area contributed by atoms with E-state index in [1.165, 1.54) is 7.11 Å². The number of carbonyl (C=O) groups excluding carboxylic acids is 3. The first-order valence-electron chi connectivity index (χ1n) is 5.84. The molecule has 0 aliphatic heterocycles. The Morgan fingerprint density at radius 1 is 1.22 bits per heavy atom. The van der Waals surface area contributed by atoms with Gasteiger partial charge in [0.05, 0.1) is 13.5 Å². The molecule has 0 bridgehead atoms. The Balaban J connectivity index is 4.05. The summed E-state index contributed by atoms with van der Waals surface area (Å²) >= 11 is 0. The maximum atomic E-state index is 11.6. The molecular formula is C12H22N2O4. The largest absolute Gasteiger partial charge is 0.469 e. The lowest BCUT2D eigenvalue weighted by Crippen LogP contribution is -2.48. The van der Waals surface area contributed by atoms with E-state index in [1.54, 1.807) is 27.7 Å². The van der Waals surface area contributed by atoms with Crippen LogP contribution in [0.5, 0.6) is 0 Å². The van der Waals surface area contributed by atoms with Gasteiger partial charge < -0.3 is 15.4 Å². The van der Waals surface area contributed by atoms with Gasteiger partial charge in [-0.3, -0.25) is 14.4 Å². The van der Waals surface area contributed by atoms with Crippen LogP contribution in [0.4, 0.5) is 0 Å². The van der Waals surface area contributed by atoms with Crippen molar-refractivity contribution in [3.63, 3.8) is 0 Å². The maximum Gasteiger partial charge on any atom is 0.307 e. The normalized spacial score (nSPS) is 12.5. The first-order valence-corrected chi connectivity index (χ1v) is 5.84. The number of hydrogen-bond acceptors (Lipinski definition) is 4. The summed E-state index contributed by atoms with van der Waals surface area (Å²) in [4.78, 5) is 34.1. The Morgan fingerprint density at radius 3 is 2.22 bits per heavy atom. The van der Waals surface area contributed by atoms with Crippen LogP contribution < -0.4 is 10.6 Å². The van der Waals surface area contributed by atoms with Crippen LogP contribution in [-0.2, 0) is 19.1 Å². The molecule has 0 aromatic heterocycles. The van der Waals surface area contributed by atoms with E-state index in [1.807, 2.05) is 0 Å². The molecule has 1 unspecified atom stereocenters. The zero-order valence-electron chi connectivity index (χ0n) is 11.6. The Kier molecular flexibility index (Phi) is 6.36. The summed E-state index contributed by atoms with van der Waals surface area (Å²) in [5.74, 6) is -0.906. The molecule has 6 nitrogen and oxygen atoms in total. The van der Waals surface area contributed by atoms with Crippen molar-refractivity contribution in [2.24, 2.45) is 5.41 Å². The van der Waals surface area contributed by atoms with Crippen LogP contribution in [0, 0.1) is 5.41 Å². The fourth-order valence-electron chi connectivity index (χ4n) is 1.02. The summed E-state index contributed by atoms with van der Waals surface area (Å²) in [5, 5.41) is 5.15. The van der Waals surface area contributed by atoms with Crippen LogP contribution in [0.15, 0.2) is 0 Å². The lowest BCUT2D eigenvalue weighted by atomic mass is 9.95. The highest BCUT2D eigenvalue weighted by Gasteiger charge is 2.24. The molecule has 104 valence electrons. The number of nitrogens with one attached hydrogen (secondary N) is 2. The highest BCUT2D eigenvalue weighted by atomic mass is 16.5. The molecule has 0 aromatic rings. The van der Waals surface area contributed by atoms with E-state index < -0.39 is 11.5 Å². The van der Waals surface area contributed by atoms with Gasteiger partial charge in [-0.25, -0.2) is 0 Å². The monoisotopic (exact) mass is 258 g/mol. The maximum absolute atomic E-state index is 11.6. The molecular weight excluding hydrogens is 236 g/mol. The molecule has 0 saturated carbocycles. The zero-order chi connectivity index (χ0) is 14.3. The second kappa shape index (κ2) is 6.98. The van der Waals surface area contributed by atoms with E-state index in [-0.39, 0.29) is 30.7 Å². The molecule has 0 aromatic carbocycles. The van der Waals surface area contributed by atoms with Gasteiger partial charge in [0.25, 0.3) is 0 Å². The Morgan fingerprint density at radius 2 is 1.78 bits per heavy atom. The van der Waals surface area contributed by atoms with E-state index in [0.717, 1.165) is 0 Å². The molecule has 0 radical (unpaired) electrons. The van der Waals surface area contributed by atoms with Gasteiger partial charge in [0.15, 0.2) is 0 Å². The Bertz CT molecular complexity index is 321. The van der Waals surface area contributed by atoms with Gasteiger partial charge in [0.1, 0.15) is 6.04 Å². The van der Waals surface area contributed by atoms with Crippen LogP contribution in [0.2, 0.25) is 0 Å². The summed E-state index contributed by atoms with van der Waals surface area (Å²) in [7, 11) is 1.29. The van der Waals surface area contributed by atoms with Crippen molar-refractivity contribution in [2.45, 2.75) is 40.2 Å². The number of esters is 1. The minimum absolute atomic E-state index is 0.113. The molecule has 0 saturated heterocycles. The molecule has 0 heterocycles. The third kappa shape index (κ3) is 6.22. The van der Waals surface area contributed by atoms with Gasteiger partial charge in [0, 0.05) is 12.0 Å². The fraction of sp³-hybridized carbons (Fsp3) is 0.750. The molecule has 0 aliphatic carbocycles. The quantitative estimate of drug-likeness (QED) is 0.691. The molecule has 2 amide bonds. The average Bonchev–Trinajstić information content (AvgIpc) is 2.27. The summed E-state index contributed by atoms with van der Waals surface area (Å²) in [6.07, 6.45) is 0.113. The van der Waals surface area contributed by atoms with Gasteiger partial charge in [0.2, 0.25) is 11.8 Å². The third-order valence-electron chi connectivity index (χ3n) is 2.28. The fourth-order valence-corrected chi connectivity index (χ4v) is 1.02. The lowest BCUT2D eigenvalue weighted by Gasteiger charge is -2.21. The first-order chi connectivity index (χ1) is 8.18. The summed E-state index contributed by atoms with van der Waals surface area (Å²) in [6, 6.07) is -0.630. The second-order valence-electron chi connectivity index (χ2n) is 5.06. The summed E-state index contributed by atoms with van der Waals surface area (Å²) < 4.78 is 4.44. The molecule has 1 atom stereocenters. The lowest BCUT2D eigenvalue weighted by molar-refractivity contribution is -0.140. The minimum Gasteiger partial charge on any atom is -0.469 e. The van der Waals surface area contributed by atoms with Gasteiger partial charge in [-0.1, -0.05) is 20.8 Å². The number of rotatable bonds is 5. The van der Waals surface area contributed by atoms with Crippen molar-refractivity contribution < 1.29 is 19.1 Å². The standard InChI is InChI=1S/C12H22N2O4/c1-8(14-11(17)12(2,3)4)10(16)13-7-6-9(15)18-5/h8H,6-7H2,1-5H3,(H,13,16)(H,14,17). The second-order valence-corrected chi connectivity index (χ2v) is 5.06. The SMILES string of the molecule is COC(=O)CCNC(=O)C(C)NC(=O)C(C)(C)C. The molecule has 18 heavy (non-hydrogen) atoms. The number of amides is 2. The highest BCUT2D eigenvalue weighted by Crippen LogP contribution is 2.12. The van der Waals surface area contributed by atoms with Gasteiger partial charge >= 0.3 is 5.97 Å². The van der Waals surface area contributed by atoms with Gasteiger partial charge in [-0.15, -0.1) is 0 Å².